The van der Waals surface area contributed by atoms with Crippen LogP contribution >= 0.6 is 0 Å². The van der Waals surface area contributed by atoms with Gasteiger partial charge < -0.3 is 4.90 Å². The Kier molecular flexibility index (Phi) is 4.11. The number of hydrogen-bond acceptors (Lipinski definition) is 4. The zero-order chi connectivity index (χ0) is 9.73. The van der Waals surface area contributed by atoms with E-state index in [4.69, 9.17) is 4.55 Å². The minimum Gasteiger partial charge on any atom is -0.301 e. The Hall–Kier alpha value is -0.170. The van der Waals surface area contributed by atoms with Crippen LogP contribution in [0.1, 0.15) is 19.3 Å². The molecule has 0 aromatic carbocycles. The van der Waals surface area contributed by atoms with Crippen LogP contribution in [0.2, 0.25) is 0 Å². The van der Waals surface area contributed by atoms with Crippen LogP contribution in [0.5, 0.6) is 0 Å². The zero-order valence-electron chi connectivity index (χ0n) is 7.48. The SMILES string of the molecule is O=S(=O)(O)OCCN1CCCCC1. The van der Waals surface area contributed by atoms with E-state index in [1.165, 1.54) is 6.42 Å². The average Bonchev–Trinajstić information content (AvgIpc) is 2.04. The van der Waals surface area contributed by atoms with Crippen molar-refractivity contribution in [2.24, 2.45) is 0 Å². The molecule has 5 nitrogen and oxygen atoms in total. The molecule has 6 heteroatoms. The molecule has 1 heterocycles. The number of piperidine rings is 1. The Balaban J connectivity index is 2.11. The third kappa shape index (κ3) is 5.20. The summed E-state index contributed by atoms with van der Waals surface area (Å²) < 4.78 is 32.9. The third-order valence-electron chi connectivity index (χ3n) is 2.09. The normalized spacial score (nSPS) is 20.4. The number of nitrogens with zero attached hydrogens (tertiary/aromatic N) is 1. The summed E-state index contributed by atoms with van der Waals surface area (Å²) in [5, 5.41) is 0. The molecule has 0 aromatic heterocycles. The number of hydrogen-bond donors (Lipinski definition) is 1. The Morgan fingerprint density at radius 3 is 2.38 bits per heavy atom. The van der Waals surface area contributed by atoms with Gasteiger partial charge in [0.15, 0.2) is 0 Å². The summed E-state index contributed by atoms with van der Waals surface area (Å²) in [6, 6.07) is 0. The number of rotatable bonds is 4. The van der Waals surface area contributed by atoms with Crippen molar-refractivity contribution in [3.8, 4) is 0 Å². The standard InChI is InChI=1S/C7H15NO4S/c9-13(10,11)12-7-6-8-4-2-1-3-5-8/h1-7H2,(H,9,10,11). The molecular weight excluding hydrogens is 194 g/mol. The highest BCUT2D eigenvalue weighted by Crippen LogP contribution is 2.07. The Labute approximate surface area is 78.6 Å². The van der Waals surface area contributed by atoms with Crippen molar-refractivity contribution in [2.75, 3.05) is 26.2 Å². The Bertz CT molecular complexity index is 233. The summed E-state index contributed by atoms with van der Waals surface area (Å²) in [4.78, 5) is 2.13. The maximum atomic E-state index is 10.2. The molecule has 0 spiro atoms. The molecule has 0 bridgehead atoms. The molecule has 1 rings (SSSR count). The fraction of sp³-hybridized carbons (Fsp3) is 1.00. The molecule has 0 unspecified atom stereocenters. The predicted octanol–water partition coefficient (Wildman–Crippen LogP) is 0.292. The van der Waals surface area contributed by atoms with Gasteiger partial charge in [-0.1, -0.05) is 6.42 Å². The molecule has 1 saturated heterocycles. The lowest BCUT2D eigenvalue weighted by Crippen LogP contribution is -2.33. The second-order valence-corrected chi connectivity index (χ2v) is 4.24. The minimum atomic E-state index is -4.25. The van der Waals surface area contributed by atoms with Crippen LogP contribution in [0.3, 0.4) is 0 Å². The molecule has 0 aliphatic carbocycles. The summed E-state index contributed by atoms with van der Waals surface area (Å²) in [7, 11) is -4.25. The van der Waals surface area contributed by atoms with Crippen molar-refractivity contribution in [1.29, 1.82) is 0 Å². The monoisotopic (exact) mass is 209 g/mol. The molecule has 0 saturated carbocycles. The topological polar surface area (TPSA) is 66.8 Å². The minimum absolute atomic E-state index is 0.0405. The van der Waals surface area contributed by atoms with E-state index in [2.05, 4.69) is 9.08 Å². The second-order valence-electron chi connectivity index (χ2n) is 3.15. The quantitative estimate of drug-likeness (QED) is 0.674. The van der Waals surface area contributed by atoms with Crippen LogP contribution in [0, 0.1) is 0 Å². The number of likely N-dealkylation sites (tertiary alicyclic amines) is 1. The highest BCUT2D eigenvalue weighted by molar-refractivity contribution is 7.80. The Morgan fingerprint density at radius 1 is 1.23 bits per heavy atom. The van der Waals surface area contributed by atoms with Crippen LogP contribution in [-0.4, -0.2) is 44.1 Å². The maximum absolute atomic E-state index is 10.2. The van der Waals surface area contributed by atoms with Gasteiger partial charge in [-0.2, -0.15) is 8.42 Å². The van der Waals surface area contributed by atoms with Gasteiger partial charge in [-0.25, -0.2) is 4.18 Å². The fourth-order valence-corrected chi connectivity index (χ4v) is 1.74. The zero-order valence-corrected chi connectivity index (χ0v) is 8.29. The summed E-state index contributed by atoms with van der Waals surface area (Å²) in [5.41, 5.74) is 0. The van der Waals surface area contributed by atoms with Crippen LogP contribution in [0.4, 0.5) is 0 Å². The van der Waals surface area contributed by atoms with E-state index in [0.717, 1.165) is 25.9 Å². The van der Waals surface area contributed by atoms with Crippen molar-refractivity contribution in [1.82, 2.24) is 4.90 Å². The lowest BCUT2D eigenvalue weighted by atomic mass is 10.1. The summed E-state index contributed by atoms with van der Waals surface area (Å²) in [5.74, 6) is 0. The highest BCUT2D eigenvalue weighted by atomic mass is 32.3. The molecule has 13 heavy (non-hydrogen) atoms. The van der Waals surface area contributed by atoms with Crippen molar-refractivity contribution in [3.63, 3.8) is 0 Å². The predicted molar refractivity (Wildman–Crippen MR) is 47.8 cm³/mol. The van der Waals surface area contributed by atoms with E-state index in [-0.39, 0.29) is 6.61 Å². The van der Waals surface area contributed by atoms with Gasteiger partial charge in [-0.15, -0.1) is 0 Å². The van der Waals surface area contributed by atoms with Gasteiger partial charge >= 0.3 is 10.4 Å². The molecule has 78 valence electrons. The van der Waals surface area contributed by atoms with E-state index in [9.17, 15) is 8.42 Å². The van der Waals surface area contributed by atoms with Crippen LogP contribution in [0.25, 0.3) is 0 Å². The molecule has 0 radical (unpaired) electrons. The van der Waals surface area contributed by atoms with Gasteiger partial charge in [0.25, 0.3) is 0 Å². The lowest BCUT2D eigenvalue weighted by molar-refractivity contribution is 0.176. The van der Waals surface area contributed by atoms with Gasteiger partial charge in [-0.3, -0.25) is 4.55 Å². The van der Waals surface area contributed by atoms with Crippen LogP contribution < -0.4 is 0 Å². The van der Waals surface area contributed by atoms with E-state index >= 15 is 0 Å². The molecule has 0 aromatic rings. The Morgan fingerprint density at radius 2 is 1.85 bits per heavy atom. The first-order valence-corrected chi connectivity index (χ1v) is 5.79. The van der Waals surface area contributed by atoms with Gasteiger partial charge in [0.05, 0.1) is 6.61 Å². The molecule has 0 amide bonds. The van der Waals surface area contributed by atoms with Crippen molar-refractivity contribution in [3.05, 3.63) is 0 Å². The first-order valence-electron chi connectivity index (χ1n) is 4.42. The average molecular weight is 209 g/mol. The van der Waals surface area contributed by atoms with Crippen molar-refractivity contribution >= 4 is 10.4 Å². The first kappa shape index (κ1) is 10.9. The smallest absolute Gasteiger partial charge is 0.301 e. The van der Waals surface area contributed by atoms with E-state index < -0.39 is 10.4 Å². The van der Waals surface area contributed by atoms with Crippen LogP contribution in [0.15, 0.2) is 0 Å². The third-order valence-corrected chi connectivity index (χ3v) is 2.55. The molecule has 0 atom stereocenters. The summed E-state index contributed by atoms with van der Waals surface area (Å²) in [6.07, 6.45) is 3.56. The largest absolute Gasteiger partial charge is 0.397 e. The highest BCUT2D eigenvalue weighted by Gasteiger charge is 2.11. The summed E-state index contributed by atoms with van der Waals surface area (Å²) in [6.45, 7) is 2.60. The van der Waals surface area contributed by atoms with Gasteiger partial charge in [0.1, 0.15) is 0 Å². The molecule has 1 N–H and O–H groups in total. The van der Waals surface area contributed by atoms with Crippen molar-refractivity contribution in [2.45, 2.75) is 19.3 Å². The van der Waals surface area contributed by atoms with E-state index in [0.29, 0.717) is 6.54 Å². The molecule has 1 aliphatic heterocycles. The maximum Gasteiger partial charge on any atom is 0.397 e. The van der Waals surface area contributed by atoms with Crippen LogP contribution in [-0.2, 0) is 14.6 Å². The van der Waals surface area contributed by atoms with Gasteiger partial charge in [0.2, 0.25) is 0 Å². The second kappa shape index (κ2) is 4.90. The lowest BCUT2D eigenvalue weighted by Gasteiger charge is -2.25. The summed E-state index contributed by atoms with van der Waals surface area (Å²) >= 11 is 0. The first-order chi connectivity index (χ1) is 6.08. The van der Waals surface area contributed by atoms with Gasteiger partial charge in [-0.05, 0) is 25.9 Å². The van der Waals surface area contributed by atoms with Gasteiger partial charge in [0, 0.05) is 6.54 Å². The van der Waals surface area contributed by atoms with E-state index in [1.807, 2.05) is 0 Å². The fourth-order valence-electron chi connectivity index (χ4n) is 1.45. The molecule has 1 fully saturated rings. The molecule has 1 aliphatic rings. The molecular formula is C7H15NO4S. The van der Waals surface area contributed by atoms with E-state index in [1.54, 1.807) is 0 Å². The van der Waals surface area contributed by atoms with Crippen molar-refractivity contribution < 1.29 is 17.2 Å².